The van der Waals surface area contributed by atoms with Crippen LogP contribution in [0.3, 0.4) is 0 Å². The molecule has 1 saturated heterocycles. The summed E-state index contributed by atoms with van der Waals surface area (Å²) in [6.07, 6.45) is 0. The zero-order valence-corrected chi connectivity index (χ0v) is 5.24. The molecule has 2 heteroatoms. The highest BCUT2D eigenvalue weighted by Gasteiger charge is 1.91. The van der Waals surface area contributed by atoms with Gasteiger partial charge in [-0.25, -0.2) is 0 Å². The van der Waals surface area contributed by atoms with Gasteiger partial charge in [0.25, 0.3) is 0 Å². The maximum atomic E-state index is 3.22. The van der Waals surface area contributed by atoms with Gasteiger partial charge in [0.1, 0.15) is 0 Å². The smallest absolute Gasteiger partial charge is 0.00772 e. The molecule has 1 rings (SSSR count). The van der Waals surface area contributed by atoms with Crippen molar-refractivity contribution in [3.05, 3.63) is 13.2 Å². The SMILES string of the molecule is C1CNCCN1.C=C. The highest BCUT2D eigenvalue weighted by Crippen LogP contribution is 1.65. The summed E-state index contributed by atoms with van der Waals surface area (Å²) in [5, 5.41) is 6.44. The lowest BCUT2D eigenvalue weighted by Gasteiger charge is -2.11. The zero-order valence-electron chi connectivity index (χ0n) is 5.24. The Labute approximate surface area is 51.0 Å². The molecule has 1 heterocycles. The van der Waals surface area contributed by atoms with E-state index in [1.807, 2.05) is 0 Å². The van der Waals surface area contributed by atoms with E-state index in [-0.39, 0.29) is 0 Å². The van der Waals surface area contributed by atoms with Gasteiger partial charge in [-0.3, -0.25) is 0 Å². The number of hydrogen-bond acceptors (Lipinski definition) is 2. The van der Waals surface area contributed by atoms with Crippen molar-refractivity contribution >= 4 is 0 Å². The van der Waals surface area contributed by atoms with Crippen molar-refractivity contribution in [1.82, 2.24) is 10.6 Å². The summed E-state index contributed by atoms with van der Waals surface area (Å²) in [7, 11) is 0. The van der Waals surface area contributed by atoms with Crippen LogP contribution in [0.15, 0.2) is 13.2 Å². The lowest BCUT2D eigenvalue weighted by molar-refractivity contribution is 0.534. The molecule has 0 aromatic rings. The van der Waals surface area contributed by atoms with Crippen LogP contribution in [0.2, 0.25) is 0 Å². The van der Waals surface area contributed by atoms with Gasteiger partial charge in [0.15, 0.2) is 0 Å². The third-order valence-electron chi connectivity index (χ3n) is 0.957. The normalized spacial score (nSPS) is 18.5. The van der Waals surface area contributed by atoms with Crippen LogP contribution in [-0.4, -0.2) is 26.2 Å². The third-order valence-corrected chi connectivity index (χ3v) is 0.957. The van der Waals surface area contributed by atoms with Gasteiger partial charge in [0.2, 0.25) is 0 Å². The summed E-state index contributed by atoms with van der Waals surface area (Å²) in [6, 6.07) is 0. The van der Waals surface area contributed by atoms with E-state index in [2.05, 4.69) is 23.8 Å². The fraction of sp³-hybridized carbons (Fsp3) is 0.667. The molecular weight excluding hydrogens is 100 g/mol. The monoisotopic (exact) mass is 114 g/mol. The van der Waals surface area contributed by atoms with Gasteiger partial charge in [0, 0.05) is 26.2 Å². The van der Waals surface area contributed by atoms with Crippen LogP contribution in [0.1, 0.15) is 0 Å². The van der Waals surface area contributed by atoms with E-state index >= 15 is 0 Å². The Morgan fingerprint density at radius 2 is 1.00 bits per heavy atom. The fourth-order valence-corrected chi connectivity index (χ4v) is 0.604. The first kappa shape index (κ1) is 7.66. The third kappa shape index (κ3) is 3.84. The molecule has 2 N–H and O–H groups in total. The van der Waals surface area contributed by atoms with E-state index < -0.39 is 0 Å². The second-order valence-corrected chi connectivity index (χ2v) is 1.50. The average molecular weight is 114 g/mol. The van der Waals surface area contributed by atoms with Gasteiger partial charge in [-0.05, 0) is 0 Å². The van der Waals surface area contributed by atoms with Crippen LogP contribution in [0.25, 0.3) is 0 Å². The van der Waals surface area contributed by atoms with E-state index in [0.29, 0.717) is 0 Å². The molecule has 0 atom stereocenters. The van der Waals surface area contributed by atoms with Gasteiger partial charge in [-0.2, -0.15) is 0 Å². The molecule has 0 saturated carbocycles. The summed E-state index contributed by atoms with van der Waals surface area (Å²) in [6.45, 7) is 10.6. The molecule has 0 aliphatic carbocycles. The minimum atomic E-state index is 1.14. The standard InChI is InChI=1S/C4H10N2.C2H4/c1-2-6-4-3-5-1;1-2/h5-6H,1-4H2;1-2H2. The molecule has 8 heavy (non-hydrogen) atoms. The zero-order chi connectivity index (χ0) is 6.24. The molecule has 0 radical (unpaired) electrons. The van der Waals surface area contributed by atoms with E-state index in [4.69, 9.17) is 0 Å². The topological polar surface area (TPSA) is 24.1 Å². The maximum Gasteiger partial charge on any atom is 0.00772 e. The van der Waals surface area contributed by atoms with Crippen molar-refractivity contribution in [2.75, 3.05) is 26.2 Å². The van der Waals surface area contributed by atoms with Crippen LogP contribution in [0.4, 0.5) is 0 Å². The maximum absolute atomic E-state index is 3.22. The second kappa shape index (κ2) is 6.66. The van der Waals surface area contributed by atoms with Crippen molar-refractivity contribution in [1.29, 1.82) is 0 Å². The Kier molecular flexibility index (Phi) is 6.38. The molecule has 0 aromatic carbocycles. The van der Waals surface area contributed by atoms with E-state index in [9.17, 15) is 0 Å². The average Bonchev–Trinajstić information content (AvgIpc) is 1.96. The van der Waals surface area contributed by atoms with Crippen LogP contribution in [0, 0.1) is 0 Å². The van der Waals surface area contributed by atoms with E-state index in [0.717, 1.165) is 26.2 Å². The van der Waals surface area contributed by atoms with E-state index in [1.54, 1.807) is 0 Å². The van der Waals surface area contributed by atoms with Crippen molar-refractivity contribution < 1.29 is 0 Å². The number of piperazine rings is 1. The molecule has 0 spiro atoms. The molecule has 1 fully saturated rings. The molecular formula is C6H14N2. The van der Waals surface area contributed by atoms with Crippen LogP contribution in [-0.2, 0) is 0 Å². The van der Waals surface area contributed by atoms with Crippen molar-refractivity contribution in [2.24, 2.45) is 0 Å². The van der Waals surface area contributed by atoms with Crippen molar-refractivity contribution in [3.8, 4) is 0 Å². The predicted molar refractivity (Wildman–Crippen MR) is 37.0 cm³/mol. The number of hydrogen-bond donors (Lipinski definition) is 2. The molecule has 1 aliphatic heterocycles. The summed E-state index contributed by atoms with van der Waals surface area (Å²) in [5.74, 6) is 0. The minimum absolute atomic E-state index is 1.14. The predicted octanol–water partition coefficient (Wildman–Crippen LogP) is -0.0186. The molecule has 48 valence electrons. The van der Waals surface area contributed by atoms with E-state index in [1.165, 1.54) is 0 Å². The summed E-state index contributed by atoms with van der Waals surface area (Å²) < 4.78 is 0. The lowest BCUT2D eigenvalue weighted by atomic mass is 10.4. The lowest BCUT2D eigenvalue weighted by Crippen LogP contribution is -2.39. The van der Waals surface area contributed by atoms with Gasteiger partial charge in [-0.1, -0.05) is 0 Å². The molecule has 2 nitrogen and oxygen atoms in total. The first-order valence-electron chi connectivity index (χ1n) is 2.91. The second-order valence-electron chi connectivity index (χ2n) is 1.50. The summed E-state index contributed by atoms with van der Waals surface area (Å²) in [4.78, 5) is 0. The summed E-state index contributed by atoms with van der Waals surface area (Å²) in [5.41, 5.74) is 0. The Hall–Kier alpha value is -0.340. The van der Waals surface area contributed by atoms with Crippen molar-refractivity contribution in [2.45, 2.75) is 0 Å². The minimum Gasteiger partial charge on any atom is -0.314 e. The largest absolute Gasteiger partial charge is 0.314 e. The molecule has 0 unspecified atom stereocenters. The Balaban J connectivity index is 0.000000222. The Bertz CT molecular complexity index is 30.3. The van der Waals surface area contributed by atoms with Crippen LogP contribution < -0.4 is 10.6 Å². The van der Waals surface area contributed by atoms with Gasteiger partial charge < -0.3 is 10.6 Å². The molecule has 0 aromatic heterocycles. The quantitative estimate of drug-likeness (QED) is 0.432. The van der Waals surface area contributed by atoms with Crippen molar-refractivity contribution in [3.63, 3.8) is 0 Å². The van der Waals surface area contributed by atoms with Gasteiger partial charge in [0.05, 0.1) is 0 Å². The Morgan fingerprint density at radius 3 is 1.12 bits per heavy atom. The first-order valence-corrected chi connectivity index (χ1v) is 2.91. The number of nitrogens with one attached hydrogen (secondary N) is 2. The summed E-state index contributed by atoms with van der Waals surface area (Å²) >= 11 is 0. The molecule has 0 bridgehead atoms. The van der Waals surface area contributed by atoms with Gasteiger partial charge >= 0.3 is 0 Å². The highest BCUT2D eigenvalue weighted by atomic mass is 15.0. The highest BCUT2D eigenvalue weighted by molar-refractivity contribution is 4.59. The van der Waals surface area contributed by atoms with Gasteiger partial charge in [-0.15, -0.1) is 13.2 Å². The molecule has 1 aliphatic rings. The molecule has 0 amide bonds. The van der Waals surface area contributed by atoms with Crippen LogP contribution in [0.5, 0.6) is 0 Å². The Morgan fingerprint density at radius 1 is 0.750 bits per heavy atom. The number of rotatable bonds is 0. The van der Waals surface area contributed by atoms with Crippen LogP contribution >= 0.6 is 0 Å². The first-order chi connectivity index (χ1) is 4.00. The fourth-order valence-electron chi connectivity index (χ4n) is 0.604.